The smallest absolute Gasteiger partial charge is 0.321 e. The molecule has 1 saturated carbocycles. The van der Waals surface area contributed by atoms with E-state index in [0.29, 0.717) is 18.6 Å². The average molecular weight is 431 g/mol. The van der Waals surface area contributed by atoms with Crippen molar-refractivity contribution in [3.63, 3.8) is 0 Å². The van der Waals surface area contributed by atoms with Crippen LogP contribution in [0.4, 0.5) is 0 Å². The van der Waals surface area contributed by atoms with Crippen molar-refractivity contribution in [3.8, 4) is 11.5 Å². The zero-order valence-electron chi connectivity index (χ0n) is 17.8. The highest BCUT2D eigenvalue weighted by molar-refractivity contribution is 5.83. The molecule has 9 nitrogen and oxygen atoms in total. The predicted octanol–water partition coefficient (Wildman–Crippen LogP) is 0.117. The predicted molar refractivity (Wildman–Crippen MR) is 110 cm³/mol. The Balaban J connectivity index is 1.63. The number of piperidine rings is 1. The number of nitrogens with one attached hydrogen (secondary N) is 1. The number of aliphatic carboxylic acids is 1. The van der Waals surface area contributed by atoms with Crippen LogP contribution in [0.5, 0.6) is 11.5 Å². The van der Waals surface area contributed by atoms with Gasteiger partial charge in [-0.15, -0.1) is 0 Å². The molecular weight excluding hydrogens is 402 g/mol. The quantitative estimate of drug-likeness (QED) is 0.499. The molecule has 168 valence electrons. The van der Waals surface area contributed by atoms with Gasteiger partial charge in [0.1, 0.15) is 12.1 Å². The third-order valence-electron chi connectivity index (χ3n) is 8.17. The third kappa shape index (κ3) is 2.54. The molecule has 0 radical (unpaired) electrons. The number of carboxylic acids is 1. The molecule has 2 fully saturated rings. The van der Waals surface area contributed by atoms with E-state index in [1.807, 2.05) is 6.07 Å². The number of methoxy groups -OCH3 is 1. The molecule has 1 aromatic rings. The largest absolute Gasteiger partial charge is 0.504 e. The van der Waals surface area contributed by atoms with Gasteiger partial charge in [0.2, 0.25) is 5.91 Å². The minimum Gasteiger partial charge on any atom is -0.504 e. The van der Waals surface area contributed by atoms with Crippen molar-refractivity contribution in [1.29, 1.82) is 0 Å². The Labute approximate surface area is 180 Å². The van der Waals surface area contributed by atoms with Gasteiger partial charge < -0.3 is 30.3 Å². The molecule has 1 unspecified atom stereocenters. The van der Waals surface area contributed by atoms with E-state index in [1.165, 1.54) is 0 Å². The second-order valence-corrected chi connectivity index (χ2v) is 9.37. The van der Waals surface area contributed by atoms with E-state index in [0.717, 1.165) is 30.5 Å². The number of nitrogens with two attached hydrogens (primary N) is 1. The molecular formula is C22H29N3O6. The number of likely N-dealkylation sites (N-methyl/N-ethyl adjacent to an activating group) is 1. The number of benzene rings is 1. The number of nitrogens with zero attached hydrogens (tertiary/aromatic N) is 1. The summed E-state index contributed by atoms with van der Waals surface area (Å²) in [6.07, 6.45) is 2.20. The lowest BCUT2D eigenvalue weighted by molar-refractivity contribution is -0.204. The minimum atomic E-state index is -1.12. The van der Waals surface area contributed by atoms with Gasteiger partial charge in [0.25, 0.3) is 0 Å². The number of ether oxygens (including phenoxy) is 2. The summed E-state index contributed by atoms with van der Waals surface area (Å²) >= 11 is 0. The van der Waals surface area contributed by atoms with Crippen molar-refractivity contribution in [3.05, 3.63) is 23.3 Å². The van der Waals surface area contributed by atoms with E-state index in [1.54, 1.807) is 13.2 Å². The number of carboxylic acid groups (broad SMARTS) is 1. The summed E-state index contributed by atoms with van der Waals surface area (Å²) < 4.78 is 12.8. The van der Waals surface area contributed by atoms with Crippen molar-refractivity contribution in [2.45, 2.75) is 67.3 Å². The van der Waals surface area contributed by atoms with Gasteiger partial charge in [0.15, 0.2) is 11.5 Å². The number of phenolic OH excluding ortho intramolecular Hbond substituents is 1. The fourth-order valence-corrected chi connectivity index (χ4v) is 6.99. The summed E-state index contributed by atoms with van der Waals surface area (Å²) in [6, 6.07) is 2.37. The topological polar surface area (TPSA) is 134 Å². The van der Waals surface area contributed by atoms with Gasteiger partial charge in [-0.1, -0.05) is 6.07 Å². The summed E-state index contributed by atoms with van der Waals surface area (Å²) in [5.41, 5.74) is 6.43. The summed E-state index contributed by atoms with van der Waals surface area (Å²) in [5.74, 6) is -1.21. The van der Waals surface area contributed by atoms with Crippen LogP contribution >= 0.6 is 0 Å². The van der Waals surface area contributed by atoms with Gasteiger partial charge in [0, 0.05) is 24.8 Å². The van der Waals surface area contributed by atoms with Crippen molar-refractivity contribution in [1.82, 2.24) is 10.2 Å². The van der Waals surface area contributed by atoms with Crippen molar-refractivity contribution in [2.24, 2.45) is 5.73 Å². The second kappa shape index (κ2) is 6.82. The van der Waals surface area contributed by atoms with E-state index >= 15 is 0 Å². The standard InChI is InChI=1S/C22H29N3O6/c1-25-8-7-21-17-11-3-4-14(26)18(17)31-19(21)12(24-13(20(28)29)10-16(23)27)5-6-22(21,30-2)15(25)9-11/h3-4,12-13,15,19,24,26H,5-10H2,1-2H3,(H2,23,27)(H,28,29)/t12-,13-,15?,19-,21-,22+/m0/s1. The van der Waals surface area contributed by atoms with Crippen LogP contribution < -0.4 is 15.8 Å². The molecule has 4 aliphatic rings. The molecule has 1 saturated heterocycles. The van der Waals surface area contributed by atoms with E-state index in [-0.39, 0.29) is 24.3 Å². The molecule has 1 amide bonds. The zero-order chi connectivity index (χ0) is 22.1. The molecule has 5 rings (SSSR count). The van der Waals surface area contributed by atoms with Gasteiger partial charge in [0.05, 0.1) is 17.4 Å². The van der Waals surface area contributed by atoms with Gasteiger partial charge in [-0.2, -0.15) is 0 Å². The zero-order valence-corrected chi connectivity index (χ0v) is 17.8. The number of amides is 1. The van der Waals surface area contributed by atoms with Crippen LogP contribution in [0.3, 0.4) is 0 Å². The number of aromatic hydroxyl groups is 1. The lowest BCUT2D eigenvalue weighted by atomic mass is 9.48. The first-order valence-corrected chi connectivity index (χ1v) is 10.8. The van der Waals surface area contributed by atoms with Crippen LogP contribution in [0, 0.1) is 0 Å². The Morgan fingerprint density at radius 1 is 1.42 bits per heavy atom. The van der Waals surface area contributed by atoms with Crippen LogP contribution in [-0.4, -0.2) is 77.5 Å². The van der Waals surface area contributed by atoms with Crippen LogP contribution in [0.15, 0.2) is 12.1 Å². The summed E-state index contributed by atoms with van der Waals surface area (Å²) in [7, 11) is 3.87. The fourth-order valence-electron chi connectivity index (χ4n) is 6.99. The van der Waals surface area contributed by atoms with Crippen molar-refractivity contribution in [2.75, 3.05) is 20.7 Å². The number of likely N-dealkylation sites (tertiary alicyclic amines) is 1. The molecule has 2 heterocycles. The molecule has 9 heteroatoms. The maximum Gasteiger partial charge on any atom is 0.321 e. The van der Waals surface area contributed by atoms with E-state index in [2.05, 4.69) is 17.3 Å². The van der Waals surface area contributed by atoms with E-state index < -0.39 is 35.0 Å². The SMILES string of the molecule is CO[C@@]12CC[C@H](N[C@@H](CC(N)=O)C(=O)O)[C@@H]3Oc4c(O)ccc5c4[C@@]31CCN(C)C2C5. The lowest BCUT2D eigenvalue weighted by Gasteiger charge is -2.65. The molecule has 31 heavy (non-hydrogen) atoms. The van der Waals surface area contributed by atoms with Crippen molar-refractivity contribution >= 4 is 11.9 Å². The maximum absolute atomic E-state index is 11.8. The number of hydrogen-bond donors (Lipinski definition) is 4. The van der Waals surface area contributed by atoms with Gasteiger partial charge in [-0.05, 0) is 50.9 Å². The Hall–Kier alpha value is -2.36. The van der Waals surface area contributed by atoms with Crippen LogP contribution in [0.25, 0.3) is 0 Å². The van der Waals surface area contributed by atoms with Crippen LogP contribution in [0.1, 0.15) is 36.8 Å². The minimum absolute atomic E-state index is 0.0931. The van der Waals surface area contributed by atoms with Gasteiger partial charge in [-0.25, -0.2) is 0 Å². The van der Waals surface area contributed by atoms with E-state index in [9.17, 15) is 19.8 Å². The number of carbonyl (C=O) groups is 2. The maximum atomic E-state index is 11.8. The summed E-state index contributed by atoms with van der Waals surface area (Å²) in [6.45, 7) is 0.848. The molecule has 2 aliphatic heterocycles. The number of carbonyl (C=O) groups excluding carboxylic acids is 1. The van der Waals surface area contributed by atoms with Crippen LogP contribution in [-0.2, 0) is 26.2 Å². The van der Waals surface area contributed by atoms with Gasteiger partial charge in [-0.3, -0.25) is 14.9 Å². The summed E-state index contributed by atoms with van der Waals surface area (Å²) in [4.78, 5) is 25.6. The lowest BCUT2D eigenvalue weighted by Crippen LogP contribution is -2.78. The molecule has 0 aromatic heterocycles. The van der Waals surface area contributed by atoms with Crippen LogP contribution in [0.2, 0.25) is 0 Å². The first-order chi connectivity index (χ1) is 14.7. The second-order valence-electron chi connectivity index (χ2n) is 9.37. The molecule has 5 N–H and O–H groups in total. The monoisotopic (exact) mass is 431 g/mol. The Bertz CT molecular complexity index is 953. The number of phenols is 1. The number of hydrogen-bond acceptors (Lipinski definition) is 7. The highest BCUT2D eigenvalue weighted by Crippen LogP contribution is 2.66. The Morgan fingerprint density at radius 2 is 2.19 bits per heavy atom. The molecule has 1 aromatic carbocycles. The Morgan fingerprint density at radius 3 is 2.87 bits per heavy atom. The fraction of sp³-hybridized carbons (Fsp3) is 0.636. The highest BCUT2D eigenvalue weighted by Gasteiger charge is 2.73. The van der Waals surface area contributed by atoms with E-state index in [4.69, 9.17) is 15.2 Å². The Kier molecular flexibility index (Phi) is 4.52. The normalized spacial score (nSPS) is 36.4. The first kappa shape index (κ1) is 20.5. The molecule has 6 atom stereocenters. The van der Waals surface area contributed by atoms with Gasteiger partial charge >= 0.3 is 5.97 Å². The number of primary amides is 1. The molecule has 2 aliphatic carbocycles. The number of rotatable bonds is 6. The third-order valence-corrected chi connectivity index (χ3v) is 8.17. The first-order valence-electron chi connectivity index (χ1n) is 10.8. The highest BCUT2D eigenvalue weighted by atomic mass is 16.5. The van der Waals surface area contributed by atoms with Crippen molar-refractivity contribution < 1.29 is 29.3 Å². The molecule has 2 bridgehead atoms. The average Bonchev–Trinajstić information content (AvgIpc) is 3.08. The molecule has 1 spiro atoms. The summed E-state index contributed by atoms with van der Waals surface area (Å²) in [5, 5.41) is 23.4.